The Bertz CT molecular complexity index is 147. The highest BCUT2D eigenvalue weighted by Crippen LogP contribution is 2.31. The van der Waals surface area contributed by atoms with E-state index in [4.69, 9.17) is 45.0 Å². The molecular weight excluding hydrogens is 222 g/mol. The van der Waals surface area contributed by atoms with Crippen LogP contribution < -0.4 is 0 Å². The zero-order chi connectivity index (χ0) is 9.61. The minimum atomic E-state index is -1.19. The van der Waals surface area contributed by atoms with Crippen molar-refractivity contribution in [1.82, 2.24) is 0 Å². The number of hydrogen-bond acceptors (Lipinski definition) is 2. The highest BCUT2D eigenvalue weighted by atomic mass is 35.6. The van der Waals surface area contributed by atoms with Crippen LogP contribution >= 0.6 is 34.8 Å². The maximum atomic E-state index is 8.35. The van der Waals surface area contributed by atoms with Crippen LogP contribution in [-0.2, 0) is 0 Å². The summed E-state index contributed by atoms with van der Waals surface area (Å²) in [7, 11) is 0. The number of rotatable bonds is 4. The van der Waals surface area contributed by atoms with Crippen LogP contribution in [0.25, 0.3) is 0 Å². The first-order valence-electron chi connectivity index (χ1n) is 3.56. The van der Waals surface area contributed by atoms with E-state index in [1.807, 2.05) is 0 Å². The first kappa shape index (κ1) is 12.2. The summed E-state index contributed by atoms with van der Waals surface area (Å²) in [6, 6.07) is 0. The number of unbranched alkanes of at least 4 members (excludes halogenated alkanes) is 2. The van der Waals surface area contributed by atoms with Gasteiger partial charge in [-0.05, 0) is 31.8 Å². The van der Waals surface area contributed by atoms with Gasteiger partial charge in [0.25, 0.3) is 5.95 Å². The van der Waals surface area contributed by atoms with Gasteiger partial charge in [0.2, 0.25) is 0 Å². The van der Waals surface area contributed by atoms with Crippen molar-refractivity contribution in [3.05, 3.63) is 12.0 Å². The van der Waals surface area contributed by atoms with Crippen molar-refractivity contribution >= 4 is 34.8 Å². The zero-order valence-electron chi connectivity index (χ0n) is 6.43. The van der Waals surface area contributed by atoms with Gasteiger partial charge in [0, 0.05) is 0 Å². The van der Waals surface area contributed by atoms with Crippen molar-refractivity contribution in [2.75, 3.05) is 0 Å². The molecule has 12 heavy (non-hydrogen) atoms. The lowest BCUT2D eigenvalue weighted by molar-refractivity contribution is 0.189. The fourth-order valence-electron chi connectivity index (χ4n) is 0.701. The summed E-state index contributed by atoms with van der Waals surface area (Å²) in [6.07, 6.45) is 3.91. The summed E-state index contributed by atoms with van der Waals surface area (Å²) >= 11 is 16.5. The van der Waals surface area contributed by atoms with Gasteiger partial charge in [-0.15, -0.1) is 0 Å². The van der Waals surface area contributed by atoms with Crippen molar-refractivity contribution in [2.45, 2.75) is 29.5 Å². The van der Waals surface area contributed by atoms with E-state index in [0.717, 1.165) is 12.8 Å². The molecule has 5 heteroatoms. The molecule has 0 amide bonds. The first-order chi connectivity index (χ1) is 5.42. The maximum absolute atomic E-state index is 8.35. The molecule has 2 N–H and O–H groups in total. The third-order valence-electron chi connectivity index (χ3n) is 1.24. The Morgan fingerprint density at radius 2 is 1.75 bits per heavy atom. The summed E-state index contributed by atoms with van der Waals surface area (Å²) < 4.78 is -1.19. The van der Waals surface area contributed by atoms with Crippen molar-refractivity contribution < 1.29 is 10.2 Å². The molecule has 0 aliphatic rings. The average Bonchev–Trinajstić information content (AvgIpc) is 1.83. The molecule has 0 atom stereocenters. The predicted molar refractivity (Wildman–Crippen MR) is 52.1 cm³/mol. The Hall–Kier alpha value is 0.210. The van der Waals surface area contributed by atoms with Gasteiger partial charge < -0.3 is 10.2 Å². The Morgan fingerprint density at radius 3 is 2.17 bits per heavy atom. The van der Waals surface area contributed by atoms with Crippen LogP contribution in [0.4, 0.5) is 0 Å². The molecule has 0 fully saturated rings. The quantitative estimate of drug-likeness (QED) is 0.439. The third-order valence-corrected chi connectivity index (χ3v) is 1.81. The summed E-state index contributed by atoms with van der Waals surface area (Å²) in [5.74, 6) is -0.649. The van der Waals surface area contributed by atoms with E-state index < -0.39 is 9.74 Å². The van der Waals surface area contributed by atoms with Crippen LogP contribution in [-0.4, -0.2) is 14.0 Å². The van der Waals surface area contributed by atoms with Crippen LogP contribution in [0.2, 0.25) is 0 Å². The van der Waals surface area contributed by atoms with E-state index in [-0.39, 0.29) is 0 Å². The molecule has 0 aliphatic carbocycles. The molecule has 0 heterocycles. The van der Waals surface area contributed by atoms with E-state index in [1.54, 1.807) is 0 Å². The first-order valence-corrected chi connectivity index (χ1v) is 4.70. The number of aliphatic hydroxyl groups excluding tert-OH is 1. The fraction of sp³-hybridized carbons (Fsp3) is 0.714. The van der Waals surface area contributed by atoms with Gasteiger partial charge in [-0.2, -0.15) is 0 Å². The van der Waals surface area contributed by atoms with E-state index in [1.165, 1.54) is 6.08 Å². The van der Waals surface area contributed by atoms with Crippen molar-refractivity contribution in [2.24, 2.45) is 0 Å². The molecule has 0 aromatic carbocycles. The molecule has 0 rings (SSSR count). The van der Waals surface area contributed by atoms with E-state index in [9.17, 15) is 0 Å². The van der Waals surface area contributed by atoms with Gasteiger partial charge in [0.05, 0.1) is 0 Å². The number of aliphatic hydroxyl groups is 2. The maximum Gasteiger partial charge on any atom is 0.269 e. The van der Waals surface area contributed by atoms with Crippen LogP contribution in [0.3, 0.4) is 0 Å². The van der Waals surface area contributed by atoms with Gasteiger partial charge in [-0.3, -0.25) is 0 Å². The Balaban J connectivity index is 3.29. The lowest BCUT2D eigenvalue weighted by atomic mass is 10.2. The largest absolute Gasteiger partial charge is 0.481 e. The van der Waals surface area contributed by atoms with Crippen molar-refractivity contribution in [3.8, 4) is 0 Å². The minimum Gasteiger partial charge on any atom is -0.481 e. The second-order valence-electron chi connectivity index (χ2n) is 2.42. The molecule has 2 nitrogen and oxygen atoms in total. The van der Waals surface area contributed by atoms with Gasteiger partial charge in [0.1, 0.15) is 0 Å². The SMILES string of the molecule is OC(O)=CCCCCC(Cl)(Cl)Cl. The smallest absolute Gasteiger partial charge is 0.269 e. The number of hydrogen-bond donors (Lipinski definition) is 2. The molecule has 0 aromatic rings. The highest BCUT2D eigenvalue weighted by Gasteiger charge is 2.17. The number of allylic oxidation sites excluding steroid dienone is 1. The van der Waals surface area contributed by atoms with E-state index >= 15 is 0 Å². The molecule has 0 saturated heterocycles. The summed E-state index contributed by atoms with van der Waals surface area (Å²) in [4.78, 5) is 0. The summed E-state index contributed by atoms with van der Waals surface area (Å²) in [5, 5.41) is 16.7. The molecule has 0 aromatic heterocycles. The average molecular weight is 234 g/mol. The Kier molecular flexibility index (Phi) is 5.89. The molecule has 0 unspecified atom stereocenters. The molecule has 0 bridgehead atoms. The zero-order valence-corrected chi connectivity index (χ0v) is 8.70. The van der Waals surface area contributed by atoms with Crippen molar-refractivity contribution in [3.63, 3.8) is 0 Å². The molecule has 0 radical (unpaired) electrons. The predicted octanol–water partition coefficient (Wildman–Crippen LogP) is 3.87. The lowest BCUT2D eigenvalue weighted by Gasteiger charge is -2.08. The molecular formula is C7H11Cl3O2. The van der Waals surface area contributed by atoms with E-state index in [0.29, 0.717) is 12.8 Å². The Labute approximate surface area is 86.7 Å². The van der Waals surface area contributed by atoms with E-state index in [2.05, 4.69) is 0 Å². The minimum absolute atomic E-state index is 0.484. The van der Waals surface area contributed by atoms with Crippen LogP contribution in [0, 0.1) is 0 Å². The molecule has 0 aliphatic heterocycles. The standard InChI is InChI=1S/C7H11Cl3O2/c8-7(9,10)5-3-1-2-4-6(11)12/h4,11-12H,1-3,5H2. The van der Waals surface area contributed by atoms with Crippen LogP contribution in [0.15, 0.2) is 12.0 Å². The monoisotopic (exact) mass is 232 g/mol. The van der Waals surface area contributed by atoms with Gasteiger partial charge in [0.15, 0.2) is 3.79 Å². The topological polar surface area (TPSA) is 40.5 Å². The second kappa shape index (κ2) is 5.79. The normalized spacial score (nSPS) is 11.2. The molecule has 0 spiro atoms. The summed E-state index contributed by atoms with van der Waals surface area (Å²) in [5.41, 5.74) is 0. The number of alkyl halides is 3. The molecule has 0 saturated carbocycles. The van der Waals surface area contributed by atoms with Gasteiger partial charge in [-0.25, -0.2) is 0 Å². The van der Waals surface area contributed by atoms with Gasteiger partial charge in [-0.1, -0.05) is 34.8 Å². The van der Waals surface area contributed by atoms with Crippen LogP contribution in [0.1, 0.15) is 25.7 Å². The number of halogens is 3. The van der Waals surface area contributed by atoms with Gasteiger partial charge >= 0.3 is 0 Å². The third kappa shape index (κ3) is 10.2. The fourth-order valence-corrected chi connectivity index (χ4v) is 1.10. The van der Waals surface area contributed by atoms with Crippen molar-refractivity contribution in [1.29, 1.82) is 0 Å². The second-order valence-corrected chi connectivity index (χ2v) is 4.94. The Morgan fingerprint density at radius 1 is 1.17 bits per heavy atom. The van der Waals surface area contributed by atoms with Crippen LogP contribution in [0.5, 0.6) is 0 Å². The highest BCUT2D eigenvalue weighted by molar-refractivity contribution is 6.67. The lowest BCUT2D eigenvalue weighted by Crippen LogP contribution is -2.00. The summed E-state index contributed by atoms with van der Waals surface area (Å²) in [6.45, 7) is 0. The molecule has 72 valence electrons.